The molecule has 0 saturated heterocycles. The van der Waals surface area contributed by atoms with Crippen molar-refractivity contribution in [1.82, 2.24) is 0 Å². The molecule has 0 spiro atoms. The number of hydrogen-bond acceptors (Lipinski definition) is 1. The molecule has 0 aromatic carbocycles. The number of allylic oxidation sites excluding steroid dienone is 6. The lowest BCUT2D eigenvalue weighted by Gasteiger charge is -1.93. The largest absolute Gasteiger partial charge is 0.303 e. The third-order valence-electron chi connectivity index (χ3n) is 2.48. The topological polar surface area (TPSA) is 17.1 Å². The smallest absolute Gasteiger partial charge is 0.119 e. The molecule has 0 aromatic heterocycles. The van der Waals surface area contributed by atoms with Crippen molar-refractivity contribution < 1.29 is 4.79 Å². The van der Waals surface area contributed by atoms with Crippen LogP contribution in [-0.2, 0) is 4.79 Å². The van der Waals surface area contributed by atoms with Gasteiger partial charge in [-0.2, -0.15) is 0 Å². The highest BCUT2D eigenvalue weighted by Crippen LogP contribution is 2.03. The summed E-state index contributed by atoms with van der Waals surface area (Å²) in [6.07, 6.45) is 22.8. The number of aldehydes is 1. The molecule has 0 saturated carbocycles. The summed E-state index contributed by atoms with van der Waals surface area (Å²) >= 11 is 0. The molecule has 0 aliphatic rings. The molecule has 0 heterocycles. The molecule has 0 bridgehead atoms. The van der Waals surface area contributed by atoms with Crippen molar-refractivity contribution in [3.8, 4) is 0 Å². The van der Waals surface area contributed by atoms with E-state index < -0.39 is 0 Å². The highest BCUT2D eigenvalue weighted by atomic mass is 16.1. The Kier molecular flexibility index (Phi) is 13.9. The molecule has 1 nitrogen and oxygen atoms in total. The number of carbonyl (C=O) groups excluding carboxylic acids is 1. The van der Waals surface area contributed by atoms with E-state index in [1.807, 2.05) is 0 Å². The Hall–Kier alpha value is -1.11. The molecule has 0 rings (SSSR count). The Morgan fingerprint density at radius 2 is 1.35 bits per heavy atom. The van der Waals surface area contributed by atoms with Gasteiger partial charge in [0.25, 0.3) is 0 Å². The van der Waals surface area contributed by atoms with Crippen LogP contribution in [0.1, 0.15) is 58.3 Å². The van der Waals surface area contributed by atoms with E-state index in [1.165, 1.54) is 12.8 Å². The maximum Gasteiger partial charge on any atom is 0.119 e. The molecule has 0 aliphatic heterocycles. The van der Waals surface area contributed by atoms with Gasteiger partial charge in [-0.25, -0.2) is 0 Å². The minimum Gasteiger partial charge on any atom is -0.303 e. The molecule has 0 aromatic rings. The molecule has 0 radical (unpaired) electrons. The highest BCUT2D eigenvalue weighted by Gasteiger charge is 1.86. The number of rotatable bonds is 11. The van der Waals surface area contributed by atoms with Crippen molar-refractivity contribution in [2.75, 3.05) is 0 Å². The van der Waals surface area contributed by atoms with E-state index in [9.17, 15) is 4.79 Å². The summed E-state index contributed by atoms with van der Waals surface area (Å²) in [5.41, 5.74) is 0. The lowest BCUT2D eigenvalue weighted by Crippen LogP contribution is -1.77. The van der Waals surface area contributed by atoms with E-state index in [2.05, 4.69) is 43.4 Å². The normalized spacial score (nSPS) is 12.1. The number of hydrogen-bond donors (Lipinski definition) is 0. The zero-order chi connectivity index (χ0) is 12.6. The molecule has 0 N–H and O–H groups in total. The second-order valence-electron chi connectivity index (χ2n) is 4.12. The number of carbonyl (C=O) groups is 1. The first-order valence-electron chi connectivity index (χ1n) is 6.82. The zero-order valence-corrected chi connectivity index (χ0v) is 11.1. The molecular formula is C16H26O. The van der Waals surface area contributed by atoms with Crippen LogP contribution in [0.2, 0.25) is 0 Å². The maximum atomic E-state index is 10.1. The van der Waals surface area contributed by atoms with E-state index in [1.54, 1.807) is 0 Å². The van der Waals surface area contributed by atoms with Crippen LogP contribution in [0.4, 0.5) is 0 Å². The van der Waals surface area contributed by atoms with E-state index >= 15 is 0 Å². The van der Waals surface area contributed by atoms with Gasteiger partial charge in [-0.3, -0.25) is 0 Å². The van der Waals surface area contributed by atoms with Gasteiger partial charge in [-0.05, 0) is 38.5 Å². The summed E-state index contributed by atoms with van der Waals surface area (Å²) in [5, 5.41) is 0. The van der Waals surface area contributed by atoms with Crippen molar-refractivity contribution in [2.24, 2.45) is 0 Å². The van der Waals surface area contributed by atoms with Crippen molar-refractivity contribution in [3.05, 3.63) is 36.5 Å². The van der Waals surface area contributed by atoms with E-state index in [4.69, 9.17) is 0 Å². The zero-order valence-electron chi connectivity index (χ0n) is 11.1. The van der Waals surface area contributed by atoms with Gasteiger partial charge in [-0.1, -0.05) is 49.8 Å². The molecule has 0 aliphatic carbocycles. The van der Waals surface area contributed by atoms with E-state index in [0.29, 0.717) is 0 Å². The van der Waals surface area contributed by atoms with Crippen molar-refractivity contribution in [3.63, 3.8) is 0 Å². The Bertz CT molecular complexity index is 236. The first kappa shape index (κ1) is 15.9. The average Bonchev–Trinajstić information content (AvgIpc) is 2.35. The van der Waals surface area contributed by atoms with Crippen molar-refractivity contribution in [1.29, 1.82) is 0 Å². The second-order valence-corrected chi connectivity index (χ2v) is 4.12. The van der Waals surface area contributed by atoms with Crippen molar-refractivity contribution in [2.45, 2.75) is 58.3 Å². The Balaban J connectivity index is 3.22. The molecule has 0 atom stereocenters. The predicted molar refractivity (Wildman–Crippen MR) is 76.1 cm³/mol. The molecule has 1 heteroatoms. The van der Waals surface area contributed by atoms with Gasteiger partial charge >= 0.3 is 0 Å². The fraction of sp³-hybridized carbons (Fsp3) is 0.562. The minimum atomic E-state index is 0.722. The van der Waals surface area contributed by atoms with Gasteiger partial charge in [0.1, 0.15) is 6.29 Å². The highest BCUT2D eigenvalue weighted by molar-refractivity contribution is 5.48. The van der Waals surface area contributed by atoms with Crippen LogP contribution in [0.3, 0.4) is 0 Å². The van der Waals surface area contributed by atoms with Crippen LogP contribution in [0.5, 0.6) is 0 Å². The molecule has 0 fully saturated rings. The van der Waals surface area contributed by atoms with Crippen LogP contribution >= 0.6 is 0 Å². The van der Waals surface area contributed by atoms with E-state index in [-0.39, 0.29) is 0 Å². The lowest BCUT2D eigenvalue weighted by molar-refractivity contribution is -0.107. The van der Waals surface area contributed by atoms with Crippen LogP contribution in [0, 0.1) is 0 Å². The van der Waals surface area contributed by atoms with Crippen LogP contribution in [0.25, 0.3) is 0 Å². The lowest BCUT2D eigenvalue weighted by atomic mass is 10.1. The van der Waals surface area contributed by atoms with Crippen LogP contribution < -0.4 is 0 Å². The summed E-state index contributed by atoms with van der Waals surface area (Å²) in [6.45, 7) is 2.14. The van der Waals surface area contributed by atoms with Gasteiger partial charge in [0.15, 0.2) is 0 Å². The predicted octanol–water partition coefficient (Wildman–Crippen LogP) is 4.99. The van der Waals surface area contributed by atoms with Gasteiger partial charge in [0.05, 0.1) is 0 Å². The molecule has 0 unspecified atom stereocenters. The summed E-state index contributed by atoms with van der Waals surface area (Å²) in [4.78, 5) is 10.1. The van der Waals surface area contributed by atoms with Crippen LogP contribution in [0.15, 0.2) is 36.5 Å². The van der Waals surface area contributed by atoms with Crippen molar-refractivity contribution >= 4 is 6.29 Å². The van der Waals surface area contributed by atoms with E-state index in [0.717, 1.165) is 44.8 Å². The SMILES string of the molecule is CC/C=C/C=C/CC/C=C/CCCCCC=O. The maximum absolute atomic E-state index is 10.1. The Labute approximate surface area is 106 Å². The first-order chi connectivity index (χ1) is 8.41. The van der Waals surface area contributed by atoms with Gasteiger partial charge in [0.2, 0.25) is 0 Å². The quantitative estimate of drug-likeness (QED) is 0.213. The molecule has 96 valence electrons. The van der Waals surface area contributed by atoms with Gasteiger partial charge in [0, 0.05) is 6.42 Å². The standard InChI is InChI=1S/C16H26O/c1-2-3-4-5-6-7-8-9-10-11-12-13-14-15-16-17/h3-6,9-10,16H,2,7-8,11-15H2,1H3/b4-3+,6-5+,10-9+. The first-order valence-corrected chi connectivity index (χ1v) is 6.82. The van der Waals surface area contributed by atoms with Crippen LogP contribution in [-0.4, -0.2) is 6.29 Å². The molecule has 17 heavy (non-hydrogen) atoms. The Morgan fingerprint density at radius 3 is 2.12 bits per heavy atom. The second kappa shape index (κ2) is 14.9. The minimum absolute atomic E-state index is 0.722. The summed E-state index contributed by atoms with van der Waals surface area (Å²) in [5.74, 6) is 0. The monoisotopic (exact) mass is 234 g/mol. The molecule has 0 amide bonds. The summed E-state index contributed by atoms with van der Waals surface area (Å²) in [6, 6.07) is 0. The average molecular weight is 234 g/mol. The summed E-state index contributed by atoms with van der Waals surface area (Å²) < 4.78 is 0. The molecular weight excluding hydrogens is 208 g/mol. The fourth-order valence-corrected chi connectivity index (χ4v) is 1.48. The fourth-order valence-electron chi connectivity index (χ4n) is 1.48. The summed E-state index contributed by atoms with van der Waals surface area (Å²) in [7, 11) is 0. The van der Waals surface area contributed by atoms with Gasteiger partial charge < -0.3 is 4.79 Å². The third-order valence-corrected chi connectivity index (χ3v) is 2.48. The Morgan fingerprint density at radius 1 is 0.706 bits per heavy atom. The number of unbranched alkanes of at least 4 members (excludes halogenated alkanes) is 5. The van der Waals surface area contributed by atoms with Gasteiger partial charge in [-0.15, -0.1) is 0 Å². The third kappa shape index (κ3) is 14.9.